The first-order valence-electron chi connectivity index (χ1n) is 9.39. The minimum absolute atomic E-state index is 0.0920. The molecule has 0 aliphatic carbocycles. The molecule has 2 N–H and O–H groups in total. The molecule has 0 aliphatic rings. The highest BCUT2D eigenvalue weighted by molar-refractivity contribution is 7.92. The van der Waals surface area contributed by atoms with E-state index in [-0.39, 0.29) is 17.2 Å². The van der Waals surface area contributed by atoms with Crippen LogP contribution in [0.2, 0.25) is 5.02 Å². The van der Waals surface area contributed by atoms with Gasteiger partial charge in [0.15, 0.2) is 0 Å². The zero-order valence-corrected chi connectivity index (χ0v) is 18.6. The van der Waals surface area contributed by atoms with E-state index in [1.54, 1.807) is 37.3 Å². The zero-order chi connectivity index (χ0) is 21.9. The summed E-state index contributed by atoms with van der Waals surface area (Å²) in [5, 5.41) is 3.26. The highest BCUT2D eigenvalue weighted by atomic mass is 35.5. The number of rotatable bonds is 6. The molecule has 0 unspecified atom stereocenters. The molecule has 3 aromatic rings. The first kappa shape index (κ1) is 21.9. The van der Waals surface area contributed by atoms with Gasteiger partial charge >= 0.3 is 0 Å². The molecule has 156 valence electrons. The standard InChI is InChI=1S/C23H23ClN2O3S/c1-15-4-5-16(2)18(12-15)13-23(27)25-20-8-10-21(11-9-20)30(28,29)26-22-14-19(24)7-6-17(22)3/h4-12,14,26H,13H2,1-3H3,(H,25,27). The van der Waals surface area contributed by atoms with E-state index in [9.17, 15) is 13.2 Å². The van der Waals surface area contributed by atoms with Crippen LogP contribution in [-0.2, 0) is 21.2 Å². The fraction of sp³-hybridized carbons (Fsp3) is 0.174. The van der Waals surface area contributed by atoms with Crippen molar-refractivity contribution in [3.05, 3.63) is 87.9 Å². The van der Waals surface area contributed by atoms with E-state index >= 15 is 0 Å². The highest BCUT2D eigenvalue weighted by Gasteiger charge is 2.16. The van der Waals surface area contributed by atoms with Gasteiger partial charge in [-0.15, -0.1) is 0 Å². The third-order valence-corrected chi connectivity index (χ3v) is 6.36. The summed E-state index contributed by atoms with van der Waals surface area (Å²) >= 11 is 5.96. The van der Waals surface area contributed by atoms with Crippen molar-refractivity contribution in [1.29, 1.82) is 0 Å². The fourth-order valence-corrected chi connectivity index (χ4v) is 4.29. The molecule has 3 rings (SSSR count). The number of carbonyl (C=O) groups is 1. The minimum atomic E-state index is -3.78. The molecule has 0 heterocycles. The van der Waals surface area contributed by atoms with Crippen molar-refractivity contribution in [3.8, 4) is 0 Å². The molecule has 0 saturated carbocycles. The number of benzene rings is 3. The Balaban J connectivity index is 1.70. The summed E-state index contributed by atoms with van der Waals surface area (Å²) in [6.45, 7) is 5.75. The van der Waals surface area contributed by atoms with E-state index in [0.29, 0.717) is 16.4 Å². The van der Waals surface area contributed by atoms with Gasteiger partial charge in [0.25, 0.3) is 10.0 Å². The van der Waals surface area contributed by atoms with Crippen LogP contribution in [-0.4, -0.2) is 14.3 Å². The van der Waals surface area contributed by atoms with Gasteiger partial charge in [-0.05, 0) is 73.9 Å². The van der Waals surface area contributed by atoms with Gasteiger partial charge in [0.05, 0.1) is 17.0 Å². The van der Waals surface area contributed by atoms with E-state index in [2.05, 4.69) is 10.0 Å². The third-order valence-electron chi connectivity index (χ3n) is 4.75. The Morgan fingerprint density at radius 2 is 1.57 bits per heavy atom. The van der Waals surface area contributed by atoms with Crippen molar-refractivity contribution in [2.75, 3.05) is 10.0 Å². The molecule has 3 aromatic carbocycles. The van der Waals surface area contributed by atoms with Gasteiger partial charge in [0.2, 0.25) is 5.91 Å². The molecule has 7 heteroatoms. The maximum Gasteiger partial charge on any atom is 0.261 e. The summed E-state index contributed by atoms with van der Waals surface area (Å²) in [6, 6.07) is 17.1. The number of nitrogens with one attached hydrogen (secondary N) is 2. The predicted octanol–water partition coefficient (Wildman–Crippen LogP) is 5.25. The molecule has 5 nitrogen and oxygen atoms in total. The largest absolute Gasteiger partial charge is 0.326 e. The van der Waals surface area contributed by atoms with Gasteiger partial charge in [0, 0.05) is 10.7 Å². The lowest BCUT2D eigenvalue weighted by Crippen LogP contribution is -2.16. The average molecular weight is 443 g/mol. The van der Waals surface area contributed by atoms with E-state index in [4.69, 9.17) is 11.6 Å². The highest BCUT2D eigenvalue weighted by Crippen LogP contribution is 2.24. The molecule has 30 heavy (non-hydrogen) atoms. The Labute approximate surface area is 182 Å². The van der Waals surface area contributed by atoms with Crippen molar-refractivity contribution in [2.45, 2.75) is 32.1 Å². The summed E-state index contributed by atoms with van der Waals surface area (Å²) in [5.74, 6) is -0.160. The number of amides is 1. The second-order valence-corrected chi connectivity index (χ2v) is 9.36. The molecule has 0 spiro atoms. The predicted molar refractivity (Wildman–Crippen MR) is 122 cm³/mol. The second-order valence-electron chi connectivity index (χ2n) is 7.24. The van der Waals surface area contributed by atoms with Gasteiger partial charge in [-0.25, -0.2) is 8.42 Å². The SMILES string of the molecule is Cc1ccc(C)c(CC(=O)Nc2ccc(S(=O)(=O)Nc3cc(Cl)ccc3C)cc2)c1. The Hall–Kier alpha value is -2.83. The number of anilines is 2. The minimum Gasteiger partial charge on any atom is -0.326 e. The molecular weight excluding hydrogens is 420 g/mol. The number of aryl methyl sites for hydroxylation is 3. The van der Waals surface area contributed by atoms with Gasteiger partial charge in [-0.2, -0.15) is 0 Å². The normalized spacial score (nSPS) is 11.2. The number of hydrogen-bond acceptors (Lipinski definition) is 3. The molecule has 0 fully saturated rings. The van der Waals surface area contributed by atoms with E-state index in [1.807, 2.05) is 32.0 Å². The molecule has 1 amide bonds. The first-order valence-corrected chi connectivity index (χ1v) is 11.3. The van der Waals surface area contributed by atoms with Crippen LogP contribution in [0.3, 0.4) is 0 Å². The number of hydrogen-bond donors (Lipinski definition) is 2. The van der Waals surface area contributed by atoms with Crippen LogP contribution < -0.4 is 10.0 Å². The number of halogens is 1. The van der Waals surface area contributed by atoms with E-state index in [0.717, 1.165) is 22.3 Å². The summed E-state index contributed by atoms with van der Waals surface area (Å²) in [5.41, 5.74) is 4.84. The monoisotopic (exact) mass is 442 g/mol. The molecule has 0 radical (unpaired) electrons. The van der Waals surface area contributed by atoms with Gasteiger partial charge in [-0.3, -0.25) is 9.52 Å². The Morgan fingerprint density at radius 3 is 2.27 bits per heavy atom. The van der Waals surface area contributed by atoms with Gasteiger partial charge < -0.3 is 5.32 Å². The molecule has 0 aliphatic heterocycles. The van der Waals surface area contributed by atoms with Crippen molar-refractivity contribution >= 4 is 38.9 Å². The maximum atomic E-state index is 12.7. The van der Waals surface area contributed by atoms with Crippen molar-refractivity contribution in [2.24, 2.45) is 0 Å². The summed E-state index contributed by atoms with van der Waals surface area (Å²) in [4.78, 5) is 12.5. The molecule has 0 bridgehead atoms. The third kappa shape index (κ3) is 5.40. The number of carbonyl (C=O) groups excluding carboxylic acids is 1. The van der Waals surface area contributed by atoms with Crippen LogP contribution in [0.1, 0.15) is 22.3 Å². The van der Waals surface area contributed by atoms with Crippen LogP contribution in [0.15, 0.2) is 65.6 Å². The summed E-state index contributed by atoms with van der Waals surface area (Å²) < 4.78 is 27.9. The van der Waals surface area contributed by atoms with Crippen LogP contribution in [0.5, 0.6) is 0 Å². The van der Waals surface area contributed by atoms with Crippen molar-refractivity contribution in [3.63, 3.8) is 0 Å². The summed E-state index contributed by atoms with van der Waals surface area (Å²) in [6.07, 6.45) is 0.253. The second kappa shape index (κ2) is 8.90. The lowest BCUT2D eigenvalue weighted by Gasteiger charge is -2.12. The van der Waals surface area contributed by atoms with Crippen LogP contribution in [0.4, 0.5) is 11.4 Å². The van der Waals surface area contributed by atoms with E-state index in [1.165, 1.54) is 12.1 Å². The topological polar surface area (TPSA) is 75.3 Å². The Morgan fingerprint density at radius 1 is 0.900 bits per heavy atom. The first-order chi connectivity index (χ1) is 14.1. The quantitative estimate of drug-likeness (QED) is 0.547. The van der Waals surface area contributed by atoms with Gasteiger partial charge in [-0.1, -0.05) is 41.4 Å². The van der Waals surface area contributed by atoms with Crippen LogP contribution >= 0.6 is 11.6 Å². The Bertz CT molecular complexity index is 1190. The smallest absolute Gasteiger partial charge is 0.261 e. The number of sulfonamides is 1. The molecular formula is C23H23ClN2O3S. The molecule has 0 aromatic heterocycles. The average Bonchev–Trinajstić information content (AvgIpc) is 2.68. The molecule has 0 saturated heterocycles. The van der Waals surface area contributed by atoms with Crippen molar-refractivity contribution < 1.29 is 13.2 Å². The maximum absolute atomic E-state index is 12.7. The van der Waals surface area contributed by atoms with E-state index < -0.39 is 10.0 Å². The van der Waals surface area contributed by atoms with Crippen LogP contribution in [0, 0.1) is 20.8 Å². The fourth-order valence-electron chi connectivity index (χ4n) is 2.99. The summed E-state index contributed by atoms with van der Waals surface area (Å²) in [7, 11) is -3.78. The van der Waals surface area contributed by atoms with Crippen molar-refractivity contribution in [1.82, 2.24) is 0 Å². The lowest BCUT2D eigenvalue weighted by molar-refractivity contribution is -0.115. The Kier molecular flexibility index (Phi) is 6.48. The van der Waals surface area contributed by atoms with Gasteiger partial charge in [0.1, 0.15) is 0 Å². The lowest BCUT2D eigenvalue weighted by atomic mass is 10.0. The van der Waals surface area contributed by atoms with Crippen LogP contribution in [0.25, 0.3) is 0 Å². The zero-order valence-electron chi connectivity index (χ0n) is 17.0. The molecule has 0 atom stereocenters.